The molecule has 0 radical (unpaired) electrons. The van der Waals surface area contributed by atoms with Crippen LogP contribution in [-0.2, 0) is 20.7 Å². The second-order valence-electron chi connectivity index (χ2n) is 9.32. The molecule has 4 amide bonds. The lowest BCUT2D eigenvalue weighted by Crippen LogP contribution is -2.75. The van der Waals surface area contributed by atoms with Gasteiger partial charge in [-0.15, -0.1) is 5.11 Å². The average Bonchev–Trinajstić information content (AvgIpc) is 2.83. The number of hydrogen-bond acceptors (Lipinski definition) is 8. The molecule has 5 rings (SSSR count). The van der Waals surface area contributed by atoms with Crippen molar-refractivity contribution in [2.24, 2.45) is 15.6 Å². The van der Waals surface area contributed by atoms with E-state index in [2.05, 4.69) is 25.8 Å². The largest absolute Gasteiger partial charge is 0.372 e. The van der Waals surface area contributed by atoms with Crippen LogP contribution in [0.25, 0.3) is 0 Å². The van der Waals surface area contributed by atoms with Gasteiger partial charge in [-0.2, -0.15) is 5.11 Å². The molecule has 4 atom stereocenters. The van der Waals surface area contributed by atoms with Crippen LogP contribution in [0.4, 0.5) is 25.1 Å². The van der Waals surface area contributed by atoms with Gasteiger partial charge in [-0.3, -0.25) is 20.2 Å². The number of ether oxygens (including phenoxy) is 1. The number of imide groups is 2. The van der Waals surface area contributed by atoms with Gasteiger partial charge in [-0.05, 0) is 44.5 Å². The van der Waals surface area contributed by atoms with Crippen molar-refractivity contribution in [3.05, 3.63) is 53.2 Å². The maximum Gasteiger partial charge on any atom is 0.328 e. The third-order valence-corrected chi connectivity index (χ3v) is 6.93. The van der Waals surface area contributed by atoms with E-state index in [9.17, 15) is 14.4 Å². The van der Waals surface area contributed by atoms with E-state index in [0.717, 1.165) is 0 Å². The number of amides is 4. The first-order valence-electron chi connectivity index (χ1n) is 11.5. The molecule has 0 bridgehead atoms. The molecule has 3 aliphatic rings. The second kappa shape index (κ2) is 8.70. The zero-order chi connectivity index (χ0) is 25.8. The summed E-state index contributed by atoms with van der Waals surface area (Å²) in [5, 5.41) is 12.4. The molecule has 188 valence electrons. The van der Waals surface area contributed by atoms with Crippen molar-refractivity contribution in [3.8, 4) is 0 Å². The molecule has 1 unspecified atom stereocenters. The van der Waals surface area contributed by atoms with Crippen LogP contribution in [0.5, 0.6) is 0 Å². The number of hydrogen-bond donors (Lipinski definition) is 2. The van der Waals surface area contributed by atoms with Crippen LogP contribution in [0.15, 0.2) is 40.7 Å². The third kappa shape index (κ3) is 3.63. The highest BCUT2D eigenvalue weighted by atomic mass is 19.2. The molecule has 1 spiro atoms. The highest BCUT2D eigenvalue weighted by molar-refractivity contribution is 6.20. The summed E-state index contributed by atoms with van der Waals surface area (Å²) in [6, 6.07) is 3.68. The number of pyridine rings is 1. The number of morpholine rings is 1. The quantitative estimate of drug-likeness (QED) is 0.495. The Morgan fingerprint density at radius 2 is 1.89 bits per heavy atom. The number of fused-ring (bicyclic) bond motifs is 4. The smallest absolute Gasteiger partial charge is 0.328 e. The lowest BCUT2D eigenvalue weighted by atomic mass is 9.66. The first-order valence-corrected chi connectivity index (χ1v) is 11.5. The predicted molar refractivity (Wildman–Crippen MR) is 122 cm³/mol. The van der Waals surface area contributed by atoms with Gasteiger partial charge in [0, 0.05) is 24.7 Å². The van der Waals surface area contributed by atoms with Crippen molar-refractivity contribution in [3.63, 3.8) is 0 Å². The molecule has 2 fully saturated rings. The molecule has 3 aliphatic heterocycles. The summed E-state index contributed by atoms with van der Waals surface area (Å²) < 4.78 is 37.0. The standard InChI is InChI=1S/C24H24F2N6O4/c1-11-10-32-19-14(9-24(20(32)13(3)36-11)21(33)28-23(35)29-22(24)34)8-15(17(25)18(19)26)12(2)30-31-16-6-4-5-7-27-16/h4-8,11-13,20H,9-10H2,1-3H3,(H2,28,29,33,34,35)/t11-,12?,13+,20-/m1/s1. The second-order valence-corrected chi connectivity index (χ2v) is 9.32. The molecule has 0 saturated carbocycles. The van der Waals surface area contributed by atoms with Gasteiger partial charge in [0.2, 0.25) is 11.8 Å². The Morgan fingerprint density at radius 1 is 1.17 bits per heavy atom. The maximum absolute atomic E-state index is 15.7. The van der Waals surface area contributed by atoms with Crippen LogP contribution in [0.3, 0.4) is 0 Å². The fraction of sp³-hybridized carbons (Fsp3) is 0.417. The first-order chi connectivity index (χ1) is 17.1. The van der Waals surface area contributed by atoms with E-state index >= 15 is 8.78 Å². The number of barbiturate groups is 1. The normalized spacial score (nSPS) is 25.9. The van der Waals surface area contributed by atoms with Gasteiger partial charge in [0.1, 0.15) is 0 Å². The number of benzene rings is 1. The number of rotatable bonds is 3. The first kappa shape index (κ1) is 23.9. The van der Waals surface area contributed by atoms with Gasteiger partial charge in [-0.25, -0.2) is 18.6 Å². The molecule has 12 heteroatoms. The lowest BCUT2D eigenvalue weighted by molar-refractivity contribution is -0.153. The minimum absolute atomic E-state index is 0.0276. The Balaban J connectivity index is 1.63. The average molecular weight is 498 g/mol. The van der Waals surface area contributed by atoms with Crippen molar-refractivity contribution in [1.29, 1.82) is 0 Å². The van der Waals surface area contributed by atoms with Crippen molar-refractivity contribution in [2.45, 2.75) is 51.5 Å². The number of aromatic nitrogens is 1. The highest BCUT2D eigenvalue weighted by Crippen LogP contribution is 2.49. The van der Waals surface area contributed by atoms with Gasteiger partial charge in [0.05, 0.1) is 30.0 Å². The van der Waals surface area contributed by atoms with E-state index in [-0.39, 0.29) is 35.9 Å². The SMILES string of the molecule is CC(N=Nc1ccccn1)c1cc2c(c(F)c1F)N1C[C@@H](C)O[C@@H](C)[C@@H]1C1(C2)C(=O)NC(=O)NC1=O. The number of nitrogens with one attached hydrogen (secondary N) is 2. The van der Waals surface area contributed by atoms with Crippen molar-refractivity contribution in [2.75, 3.05) is 11.4 Å². The Labute approximate surface area is 205 Å². The van der Waals surface area contributed by atoms with Crippen LogP contribution in [0.1, 0.15) is 37.9 Å². The van der Waals surface area contributed by atoms with Gasteiger partial charge in [-0.1, -0.05) is 6.07 Å². The molecule has 10 nitrogen and oxygen atoms in total. The molecular formula is C24H24F2N6O4. The fourth-order valence-corrected chi connectivity index (χ4v) is 5.48. The summed E-state index contributed by atoms with van der Waals surface area (Å²) >= 11 is 0. The Hall–Kier alpha value is -3.80. The number of urea groups is 1. The fourth-order valence-electron chi connectivity index (χ4n) is 5.48. The monoisotopic (exact) mass is 498 g/mol. The number of azo groups is 1. The van der Waals surface area contributed by atoms with Crippen LogP contribution >= 0.6 is 0 Å². The Kier molecular flexibility index (Phi) is 5.78. The van der Waals surface area contributed by atoms with Gasteiger partial charge in [0.25, 0.3) is 0 Å². The van der Waals surface area contributed by atoms with E-state index < -0.39 is 53.1 Å². The summed E-state index contributed by atoms with van der Waals surface area (Å²) in [6.07, 6.45) is 0.192. The summed E-state index contributed by atoms with van der Waals surface area (Å²) in [6.45, 7) is 5.10. The van der Waals surface area contributed by atoms with E-state index in [4.69, 9.17) is 4.74 Å². The molecule has 2 saturated heterocycles. The molecule has 2 aromatic rings. The minimum Gasteiger partial charge on any atom is -0.372 e. The number of carbonyl (C=O) groups is 3. The predicted octanol–water partition coefficient (Wildman–Crippen LogP) is 3.10. The number of carbonyl (C=O) groups excluding carboxylic acids is 3. The summed E-state index contributed by atoms with van der Waals surface area (Å²) in [4.78, 5) is 43.8. The van der Waals surface area contributed by atoms with Gasteiger partial charge in [0.15, 0.2) is 22.9 Å². The van der Waals surface area contributed by atoms with E-state index in [1.165, 1.54) is 17.2 Å². The zero-order valence-corrected chi connectivity index (χ0v) is 19.8. The molecule has 4 heterocycles. The highest BCUT2D eigenvalue weighted by Gasteiger charge is 2.63. The number of anilines is 1. The molecule has 1 aromatic carbocycles. The van der Waals surface area contributed by atoms with Gasteiger partial charge >= 0.3 is 6.03 Å². The minimum atomic E-state index is -1.79. The molecule has 1 aromatic heterocycles. The molecule has 36 heavy (non-hydrogen) atoms. The zero-order valence-electron chi connectivity index (χ0n) is 19.8. The Morgan fingerprint density at radius 3 is 2.56 bits per heavy atom. The molecule has 0 aliphatic carbocycles. The Bertz CT molecular complexity index is 1270. The third-order valence-electron chi connectivity index (χ3n) is 6.93. The van der Waals surface area contributed by atoms with E-state index in [1.807, 2.05) is 0 Å². The van der Waals surface area contributed by atoms with Crippen molar-refractivity contribution >= 4 is 29.4 Å². The summed E-state index contributed by atoms with van der Waals surface area (Å²) in [5.41, 5.74) is -1.65. The summed E-state index contributed by atoms with van der Waals surface area (Å²) in [7, 11) is 0. The van der Waals surface area contributed by atoms with Crippen molar-refractivity contribution < 1.29 is 27.9 Å². The van der Waals surface area contributed by atoms with Crippen LogP contribution < -0.4 is 15.5 Å². The number of halogens is 2. The summed E-state index contributed by atoms with van der Waals surface area (Å²) in [5.74, 6) is -3.50. The topological polar surface area (TPSA) is 125 Å². The van der Waals surface area contributed by atoms with E-state index in [0.29, 0.717) is 5.82 Å². The van der Waals surface area contributed by atoms with Crippen LogP contribution in [0.2, 0.25) is 0 Å². The van der Waals surface area contributed by atoms with Crippen LogP contribution in [-0.4, -0.2) is 47.6 Å². The van der Waals surface area contributed by atoms with Gasteiger partial charge < -0.3 is 9.64 Å². The van der Waals surface area contributed by atoms with Crippen molar-refractivity contribution in [1.82, 2.24) is 15.6 Å². The lowest BCUT2D eigenvalue weighted by Gasteiger charge is -2.55. The van der Waals surface area contributed by atoms with Crippen LogP contribution in [0, 0.1) is 17.0 Å². The molecule has 2 N–H and O–H groups in total. The van der Waals surface area contributed by atoms with E-state index in [1.54, 1.807) is 39.0 Å². The number of nitrogens with zero attached hydrogens (tertiary/aromatic N) is 4. The maximum atomic E-state index is 15.7. The molecular weight excluding hydrogens is 474 g/mol.